The van der Waals surface area contributed by atoms with E-state index >= 15 is 0 Å². The molecule has 38 heavy (non-hydrogen) atoms. The van der Waals surface area contributed by atoms with Crippen LogP contribution in [-0.2, 0) is 19.7 Å². The van der Waals surface area contributed by atoms with E-state index < -0.39 is 11.4 Å². The van der Waals surface area contributed by atoms with Crippen LogP contribution in [0.2, 0.25) is 0 Å². The number of carbonyl (C=O) groups is 2. The number of halogens is 1. The van der Waals surface area contributed by atoms with Crippen LogP contribution in [0.3, 0.4) is 0 Å². The number of ether oxygens (including phenoxy) is 1. The number of benzene rings is 1. The molecule has 0 bridgehead atoms. The van der Waals surface area contributed by atoms with E-state index in [9.17, 15) is 14.0 Å². The maximum absolute atomic E-state index is 14.0. The highest BCUT2D eigenvalue weighted by molar-refractivity contribution is 7.11. The summed E-state index contributed by atoms with van der Waals surface area (Å²) in [5.41, 5.74) is 1.86. The van der Waals surface area contributed by atoms with Crippen molar-refractivity contribution in [3.05, 3.63) is 86.0 Å². The van der Waals surface area contributed by atoms with Crippen molar-refractivity contribution >= 4 is 46.3 Å². The molecule has 3 heterocycles. The monoisotopic (exact) mass is 548 g/mol. The van der Waals surface area contributed by atoms with Crippen molar-refractivity contribution in [2.24, 2.45) is 11.0 Å². The lowest BCUT2D eigenvalue weighted by Crippen LogP contribution is -2.39. The van der Waals surface area contributed by atoms with Gasteiger partial charge in [0.1, 0.15) is 5.82 Å². The highest BCUT2D eigenvalue weighted by Gasteiger charge is 2.47. The third kappa shape index (κ3) is 4.64. The van der Waals surface area contributed by atoms with Gasteiger partial charge in [-0.3, -0.25) is 9.59 Å². The van der Waals surface area contributed by atoms with Gasteiger partial charge in [-0.1, -0.05) is 37.1 Å². The summed E-state index contributed by atoms with van der Waals surface area (Å²) < 4.78 is 19.7. The van der Waals surface area contributed by atoms with E-state index in [1.807, 2.05) is 17.5 Å². The van der Waals surface area contributed by atoms with Crippen molar-refractivity contribution < 1.29 is 18.7 Å². The van der Waals surface area contributed by atoms with Crippen LogP contribution >= 0.6 is 22.7 Å². The normalized spacial score (nSPS) is 23.3. The number of amides is 1. The van der Waals surface area contributed by atoms with E-state index in [2.05, 4.69) is 23.6 Å². The van der Waals surface area contributed by atoms with Crippen LogP contribution < -0.4 is 0 Å². The molecule has 1 aromatic carbocycles. The van der Waals surface area contributed by atoms with Crippen LogP contribution in [0.1, 0.15) is 66.3 Å². The first kappa shape index (κ1) is 25.2. The summed E-state index contributed by atoms with van der Waals surface area (Å²) in [5, 5.41) is 10.5. The molecule has 6 rings (SSSR count). The molecule has 2 atom stereocenters. The van der Waals surface area contributed by atoms with E-state index in [1.54, 1.807) is 39.8 Å². The Bertz CT molecular complexity index is 1370. The van der Waals surface area contributed by atoms with Crippen LogP contribution in [0.5, 0.6) is 0 Å². The zero-order valence-corrected chi connectivity index (χ0v) is 22.6. The van der Waals surface area contributed by atoms with Crippen molar-refractivity contribution in [1.82, 2.24) is 5.01 Å². The van der Waals surface area contributed by atoms with Crippen molar-refractivity contribution in [2.75, 3.05) is 6.61 Å². The summed E-state index contributed by atoms with van der Waals surface area (Å²) in [5.74, 6) is -1.05. The lowest BCUT2D eigenvalue weighted by atomic mass is 9.79. The minimum absolute atomic E-state index is 0.113. The minimum atomic E-state index is -0.906. The molecule has 1 amide bonds. The molecule has 0 radical (unpaired) electrons. The summed E-state index contributed by atoms with van der Waals surface area (Å²) in [6, 6.07) is 14.2. The molecule has 5 nitrogen and oxygen atoms in total. The van der Waals surface area contributed by atoms with Crippen LogP contribution in [0.15, 0.2) is 70.0 Å². The minimum Gasteiger partial charge on any atom is -0.455 e. The second kappa shape index (κ2) is 10.6. The van der Waals surface area contributed by atoms with Crippen LogP contribution in [-0.4, -0.2) is 29.2 Å². The third-order valence-electron chi connectivity index (χ3n) is 8.00. The maximum atomic E-state index is 14.0. The molecule has 8 heteroatoms. The first-order chi connectivity index (χ1) is 18.5. The van der Waals surface area contributed by atoms with Gasteiger partial charge >= 0.3 is 5.97 Å². The highest BCUT2D eigenvalue weighted by Crippen LogP contribution is 2.46. The van der Waals surface area contributed by atoms with E-state index in [4.69, 9.17) is 9.84 Å². The molecule has 1 aliphatic heterocycles. The quantitative estimate of drug-likeness (QED) is 0.308. The predicted molar refractivity (Wildman–Crippen MR) is 148 cm³/mol. The van der Waals surface area contributed by atoms with Gasteiger partial charge in [0, 0.05) is 15.7 Å². The zero-order valence-electron chi connectivity index (χ0n) is 21.0. The van der Waals surface area contributed by atoms with Crippen molar-refractivity contribution in [1.29, 1.82) is 0 Å². The van der Waals surface area contributed by atoms with Gasteiger partial charge in [-0.05, 0) is 84.3 Å². The standard InChI is InChI=1S/C30H29FN2O3S2/c31-22-9-4-8-21(18-22)30(13-1-2-14-30)29(35)36-19-26(34)33-28(25-12-6-16-38-25)24-11-3-7-20(27(24)32-33)17-23-10-5-15-37-23/h4-6,8-10,12,15-18,24,28H,1-3,7,11,13-14,19H2/b20-17-/t24-,28+/m1/s1. The molecule has 0 N–H and O–H groups in total. The van der Waals surface area contributed by atoms with E-state index in [0.29, 0.717) is 18.4 Å². The first-order valence-corrected chi connectivity index (χ1v) is 14.9. The van der Waals surface area contributed by atoms with Crippen molar-refractivity contribution in [2.45, 2.75) is 56.4 Å². The van der Waals surface area contributed by atoms with Crippen molar-refractivity contribution in [3.63, 3.8) is 0 Å². The number of hydrazone groups is 1. The molecule has 2 saturated carbocycles. The zero-order chi connectivity index (χ0) is 26.1. The van der Waals surface area contributed by atoms with Gasteiger partial charge in [-0.15, -0.1) is 22.7 Å². The van der Waals surface area contributed by atoms with Crippen LogP contribution in [0.25, 0.3) is 6.08 Å². The molecule has 0 saturated heterocycles. The molecule has 196 valence electrons. The Morgan fingerprint density at radius 1 is 1.08 bits per heavy atom. The number of nitrogens with zero attached hydrogens (tertiary/aromatic N) is 2. The average Bonchev–Trinajstić information content (AvgIpc) is 3.73. The summed E-state index contributed by atoms with van der Waals surface area (Å²) in [7, 11) is 0. The Morgan fingerprint density at radius 2 is 1.89 bits per heavy atom. The van der Waals surface area contributed by atoms with Crippen molar-refractivity contribution in [3.8, 4) is 0 Å². The number of rotatable bonds is 6. The summed E-state index contributed by atoms with van der Waals surface area (Å²) in [4.78, 5) is 29.3. The number of hydrogen-bond acceptors (Lipinski definition) is 6. The molecular weight excluding hydrogens is 519 g/mol. The van der Waals surface area contributed by atoms with Gasteiger partial charge in [0.15, 0.2) is 6.61 Å². The highest BCUT2D eigenvalue weighted by atomic mass is 32.1. The number of thiophene rings is 2. The van der Waals surface area contributed by atoms with Gasteiger partial charge < -0.3 is 4.74 Å². The Balaban J connectivity index is 1.25. The number of esters is 1. The second-order valence-electron chi connectivity index (χ2n) is 10.2. The number of carbonyl (C=O) groups excluding carboxylic acids is 2. The van der Waals surface area contributed by atoms with Gasteiger partial charge in [-0.2, -0.15) is 5.10 Å². The smallest absolute Gasteiger partial charge is 0.317 e. The van der Waals surface area contributed by atoms with E-state index in [-0.39, 0.29) is 30.3 Å². The summed E-state index contributed by atoms with van der Waals surface area (Å²) >= 11 is 3.31. The predicted octanol–water partition coefficient (Wildman–Crippen LogP) is 7.13. The van der Waals surface area contributed by atoms with Crippen LogP contribution in [0.4, 0.5) is 4.39 Å². The van der Waals surface area contributed by atoms with Crippen LogP contribution in [0, 0.1) is 11.7 Å². The number of fused-ring (bicyclic) bond motifs is 1. The third-order valence-corrected chi connectivity index (χ3v) is 9.77. The fraction of sp³-hybridized carbons (Fsp3) is 0.367. The lowest BCUT2D eigenvalue weighted by molar-refractivity contribution is -0.158. The van der Waals surface area contributed by atoms with Gasteiger partial charge in [0.2, 0.25) is 0 Å². The SMILES string of the molecule is O=C(COC(=O)C1(c2cccc(F)c2)CCCC1)N1N=C2/C(=C\c3cccs3)CCC[C@H]2[C@H]1c1cccs1. The molecule has 3 aromatic rings. The fourth-order valence-corrected chi connectivity index (χ4v) is 7.75. The Kier molecular flexibility index (Phi) is 7.01. The van der Waals surface area contributed by atoms with Gasteiger partial charge in [0.05, 0.1) is 17.2 Å². The largest absolute Gasteiger partial charge is 0.455 e. The Hall–Kier alpha value is -3.10. The van der Waals surface area contributed by atoms with E-state index in [0.717, 1.165) is 42.7 Å². The summed E-state index contributed by atoms with van der Waals surface area (Å²) in [6.45, 7) is -0.384. The van der Waals surface area contributed by atoms with Gasteiger partial charge in [0.25, 0.3) is 5.91 Å². The van der Waals surface area contributed by atoms with Gasteiger partial charge in [-0.25, -0.2) is 9.40 Å². The Labute approximate surface area is 229 Å². The number of allylic oxidation sites excluding steroid dienone is 1. The fourth-order valence-electron chi connectivity index (χ4n) is 6.20. The lowest BCUT2D eigenvalue weighted by Gasteiger charge is -2.29. The molecule has 2 aromatic heterocycles. The number of hydrogen-bond donors (Lipinski definition) is 0. The molecule has 3 aliphatic rings. The molecule has 0 spiro atoms. The Morgan fingerprint density at radius 3 is 2.63 bits per heavy atom. The molecule has 2 fully saturated rings. The molecule has 0 unspecified atom stereocenters. The molecular formula is C30H29FN2O3S2. The molecule has 2 aliphatic carbocycles. The first-order valence-electron chi connectivity index (χ1n) is 13.2. The summed E-state index contributed by atoms with van der Waals surface area (Å²) in [6.07, 6.45) is 8.01. The second-order valence-corrected chi connectivity index (χ2v) is 12.2. The topological polar surface area (TPSA) is 59.0 Å². The van der Waals surface area contributed by atoms with E-state index in [1.165, 1.54) is 22.6 Å². The average molecular weight is 549 g/mol. The maximum Gasteiger partial charge on any atom is 0.317 e.